The fourth-order valence-corrected chi connectivity index (χ4v) is 2.00. The molecule has 3 N–H and O–H groups in total. The number of nitrogens with one attached hydrogen (secondary N) is 1. The van der Waals surface area contributed by atoms with E-state index in [1.54, 1.807) is 0 Å². The van der Waals surface area contributed by atoms with Crippen LogP contribution in [0.25, 0.3) is 10.9 Å². The SMILES string of the molecule is NC1CC(Nc2ncc3ccccc3n2)C1. The summed E-state index contributed by atoms with van der Waals surface area (Å²) in [6.45, 7) is 0. The Hall–Kier alpha value is -1.68. The Kier molecular flexibility index (Phi) is 2.22. The normalized spacial score (nSPS) is 24.1. The maximum absolute atomic E-state index is 5.73. The van der Waals surface area contributed by atoms with Crippen molar-refractivity contribution in [3.05, 3.63) is 30.5 Å². The lowest BCUT2D eigenvalue weighted by Gasteiger charge is -2.32. The molecule has 0 amide bonds. The molecule has 0 radical (unpaired) electrons. The average Bonchev–Trinajstić information content (AvgIpc) is 2.27. The smallest absolute Gasteiger partial charge is 0.223 e. The van der Waals surface area contributed by atoms with Crippen molar-refractivity contribution in [1.29, 1.82) is 0 Å². The maximum atomic E-state index is 5.73. The molecule has 0 saturated heterocycles. The van der Waals surface area contributed by atoms with Gasteiger partial charge in [0.2, 0.25) is 5.95 Å². The zero-order valence-electron chi connectivity index (χ0n) is 8.93. The topological polar surface area (TPSA) is 63.8 Å². The number of hydrogen-bond acceptors (Lipinski definition) is 4. The van der Waals surface area contributed by atoms with Crippen molar-refractivity contribution in [2.75, 3.05) is 5.32 Å². The van der Waals surface area contributed by atoms with Crippen LogP contribution in [0.4, 0.5) is 5.95 Å². The fourth-order valence-electron chi connectivity index (χ4n) is 2.00. The van der Waals surface area contributed by atoms with Gasteiger partial charge in [-0.3, -0.25) is 0 Å². The quantitative estimate of drug-likeness (QED) is 0.795. The van der Waals surface area contributed by atoms with E-state index in [1.807, 2.05) is 30.5 Å². The molecule has 1 aliphatic carbocycles. The number of hydrogen-bond donors (Lipinski definition) is 2. The molecule has 1 heterocycles. The second kappa shape index (κ2) is 3.72. The van der Waals surface area contributed by atoms with Gasteiger partial charge < -0.3 is 11.1 Å². The predicted molar refractivity (Wildman–Crippen MR) is 64.2 cm³/mol. The van der Waals surface area contributed by atoms with Crippen LogP contribution in [-0.4, -0.2) is 22.1 Å². The van der Waals surface area contributed by atoms with E-state index in [-0.39, 0.29) is 0 Å². The van der Waals surface area contributed by atoms with Crippen molar-refractivity contribution in [3.63, 3.8) is 0 Å². The Morgan fingerprint density at radius 2 is 2.06 bits per heavy atom. The van der Waals surface area contributed by atoms with E-state index >= 15 is 0 Å². The first kappa shape index (κ1) is 9.54. The second-order valence-electron chi connectivity index (χ2n) is 4.33. The first-order chi connectivity index (χ1) is 7.81. The zero-order chi connectivity index (χ0) is 11.0. The van der Waals surface area contributed by atoms with E-state index in [4.69, 9.17) is 5.73 Å². The average molecular weight is 214 g/mol. The third-order valence-electron chi connectivity index (χ3n) is 3.00. The summed E-state index contributed by atoms with van der Waals surface area (Å²) in [6.07, 6.45) is 3.87. The Labute approximate surface area is 93.9 Å². The van der Waals surface area contributed by atoms with Crippen LogP contribution in [0.15, 0.2) is 30.5 Å². The van der Waals surface area contributed by atoms with Crippen molar-refractivity contribution in [1.82, 2.24) is 9.97 Å². The van der Waals surface area contributed by atoms with Gasteiger partial charge in [0.15, 0.2) is 0 Å². The summed E-state index contributed by atoms with van der Waals surface area (Å²) in [5.41, 5.74) is 6.71. The van der Waals surface area contributed by atoms with Crippen LogP contribution in [0, 0.1) is 0 Å². The number of aromatic nitrogens is 2. The third-order valence-corrected chi connectivity index (χ3v) is 3.00. The first-order valence-corrected chi connectivity index (χ1v) is 5.55. The summed E-state index contributed by atoms with van der Waals surface area (Å²) >= 11 is 0. The number of fused-ring (bicyclic) bond motifs is 1. The highest BCUT2D eigenvalue weighted by atomic mass is 15.1. The van der Waals surface area contributed by atoms with E-state index < -0.39 is 0 Å². The molecule has 1 aromatic heterocycles. The number of benzene rings is 1. The Morgan fingerprint density at radius 1 is 1.25 bits per heavy atom. The minimum Gasteiger partial charge on any atom is -0.351 e. The lowest BCUT2D eigenvalue weighted by atomic mass is 9.88. The van der Waals surface area contributed by atoms with Crippen LogP contribution in [-0.2, 0) is 0 Å². The van der Waals surface area contributed by atoms with Gasteiger partial charge in [-0.15, -0.1) is 0 Å². The molecule has 0 atom stereocenters. The largest absolute Gasteiger partial charge is 0.351 e. The molecule has 0 spiro atoms. The molecule has 0 unspecified atom stereocenters. The molecule has 1 aromatic carbocycles. The molecule has 4 nitrogen and oxygen atoms in total. The molecule has 2 aromatic rings. The van der Waals surface area contributed by atoms with Crippen molar-refractivity contribution in [2.24, 2.45) is 5.73 Å². The van der Waals surface area contributed by atoms with E-state index in [1.165, 1.54) is 0 Å². The minimum atomic E-state index is 0.345. The highest BCUT2D eigenvalue weighted by molar-refractivity contribution is 5.78. The molecule has 4 heteroatoms. The summed E-state index contributed by atoms with van der Waals surface area (Å²) in [5.74, 6) is 0.704. The van der Waals surface area contributed by atoms with Crippen LogP contribution in [0.1, 0.15) is 12.8 Å². The summed E-state index contributed by atoms with van der Waals surface area (Å²) in [6, 6.07) is 8.77. The van der Waals surface area contributed by atoms with Gasteiger partial charge in [-0.25, -0.2) is 9.97 Å². The number of nitrogens with two attached hydrogens (primary N) is 1. The Balaban J connectivity index is 1.82. The molecule has 16 heavy (non-hydrogen) atoms. The number of anilines is 1. The van der Waals surface area contributed by atoms with Crippen molar-refractivity contribution < 1.29 is 0 Å². The van der Waals surface area contributed by atoms with Crippen molar-refractivity contribution >= 4 is 16.9 Å². The monoisotopic (exact) mass is 214 g/mol. The van der Waals surface area contributed by atoms with E-state index in [0.29, 0.717) is 18.0 Å². The van der Waals surface area contributed by atoms with Gasteiger partial charge in [0.25, 0.3) is 0 Å². The Morgan fingerprint density at radius 3 is 2.88 bits per heavy atom. The fraction of sp³-hybridized carbons (Fsp3) is 0.333. The lowest BCUT2D eigenvalue weighted by Crippen LogP contribution is -2.44. The Bertz CT molecular complexity index is 505. The van der Waals surface area contributed by atoms with Gasteiger partial charge in [0.05, 0.1) is 5.52 Å². The third kappa shape index (κ3) is 1.72. The van der Waals surface area contributed by atoms with Crippen LogP contribution >= 0.6 is 0 Å². The van der Waals surface area contributed by atoms with Gasteiger partial charge in [0, 0.05) is 23.7 Å². The summed E-state index contributed by atoms with van der Waals surface area (Å²) in [4.78, 5) is 8.75. The van der Waals surface area contributed by atoms with Crippen LogP contribution < -0.4 is 11.1 Å². The highest BCUT2D eigenvalue weighted by Crippen LogP contribution is 2.21. The molecular formula is C12H14N4. The molecule has 3 rings (SSSR count). The maximum Gasteiger partial charge on any atom is 0.223 e. The minimum absolute atomic E-state index is 0.345. The molecule has 1 saturated carbocycles. The lowest BCUT2D eigenvalue weighted by molar-refractivity contribution is 0.372. The standard InChI is InChI=1S/C12H14N4/c13-9-5-10(6-9)15-12-14-7-8-3-1-2-4-11(8)16-12/h1-4,7,9-10H,5-6,13H2,(H,14,15,16). The second-order valence-corrected chi connectivity index (χ2v) is 4.33. The molecule has 0 bridgehead atoms. The molecule has 82 valence electrons. The van der Waals surface area contributed by atoms with Crippen LogP contribution in [0.5, 0.6) is 0 Å². The first-order valence-electron chi connectivity index (χ1n) is 5.55. The van der Waals surface area contributed by atoms with Crippen molar-refractivity contribution in [3.8, 4) is 0 Å². The highest BCUT2D eigenvalue weighted by Gasteiger charge is 2.26. The molecular weight excluding hydrogens is 200 g/mol. The molecule has 1 fully saturated rings. The van der Waals surface area contributed by atoms with Gasteiger partial charge >= 0.3 is 0 Å². The summed E-state index contributed by atoms with van der Waals surface area (Å²) in [5, 5.41) is 4.37. The summed E-state index contributed by atoms with van der Waals surface area (Å²) < 4.78 is 0. The van der Waals surface area contributed by atoms with E-state index in [2.05, 4.69) is 15.3 Å². The van der Waals surface area contributed by atoms with Crippen LogP contribution in [0.2, 0.25) is 0 Å². The van der Waals surface area contributed by atoms with Crippen LogP contribution in [0.3, 0.4) is 0 Å². The van der Waals surface area contributed by atoms with Gasteiger partial charge in [0.1, 0.15) is 0 Å². The number of nitrogens with zero attached hydrogens (tertiary/aromatic N) is 2. The number of para-hydroxylation sites is 1. The predicted octanol–water partition coefficient (Wildman–Crippen LogP) is 1.53. The molecule has 0 aliphatic heterocycles. The number of rotatable bonds is 2. The van der Waals surface area contributed by atoms with Gasteiger partial charge in [-0.2, -0.15) is 0 Å². The van der Waals surface area contributed by atoms with Gasteiger partial charge in [-0.1, -0.05) is 18.2 Å². The van der Waals surface area contributed by atoms with Crippen molar-refractivity contribution in [2.45, 2.75) is 24.9 Å². The van der Waals surface area contributed by atoms with E-state index in [9.17, 15) is 0 Å². The van der Waals surface area contributed by atoms with Gasteiger partial charge in [-0.05, 0) is 18.9 Å². The zero-order valence-corrected chi connectivity index (χ0v) is 8.93. The summed E-state index contributed by atoms with van der Waals surface area (Å²) in [7, 11) is 0. The van der Waals surface area contributed by atoms with E-state index in [0.717, 1.165) is 23.7 Å². The molecule has 1 aliphatic rings.